The van der Waals surface area contributed by atoms with Crippen LogP contribution >= 0.6 is 94.2 Å². The van der Waals surface area contributed by atoms with Gasteiger partial charge >= 0.3 is 231 Å². The number of carboxylic acid groups (broad SMARTS) is 9. The first kappa shape index (κ1) is 180. The Kier molecular flexibility index (Phi) is 153. The summed E-state index contributed by atoms with van der Waals surface area (Å²) in [6.45, 7) is 50.0. The molecule has 3 unspecified atom stereocenters. The molecule has 52 heteroatoms. The monoisotopic (exact) mass is 3080 g/mol. The van der Waals surface area contributed by atoms with Crippen LogP contribution in [0, 0.1) is 46.0 Å². The van der Waals surface area contributed by atoms with Gasteiger partial charge in [0.15, 0.2) is 0 Å². The first-order valence-corrected chi connectivity index (χ1v) is 69.3. The molecule has 37 nitrogen and oxygen atoms in total. The van der Waals surface area contributed by atoms with Crippen molar-refractivity contribution >= 4 is 155 Å². The minimum Gasteiger partial charge on any atom is -0.693 e. The third-order valence-corrected chi connectivity index (χ3v) is 15.8. The van der Waals surface area contributed by atoms with Gasteiger partial charge in [0.05, 0.1) is 18.5 Å². The summed E-state index contributed by atoms with van der Waals surface area (Å²) in [6, 6.07) is 27.9. The topological polar surface area (TPSA) is 750 Å². The molecular formula is C86H169Cl10N17O20Pt5. The molecule has 0 heterocycles. The SMILES string of the molecule is CC(C)(C)CC(=O)O.CC(C)(C)CC(=O)O[CH-][C@@H]1CCCC[C@H]1[NH-].CC(C)(C)CC(C)(C)NC(=O)O.CC(C)(C)CC(C)(C)NC(=O)O.CC(NC(=O)O)c1ccccc1.CCCCC(CC)CNC(=O)O.CCCCC(CC)CNC(=O)O.CCCNC(=O)O.CCCNC(=O)O.O=C(O)NC(c1ccccc1)c1ccccc1.[Cl][Pt+2][Cl].[Cl][Pt+2][Cl].[Cl][Pt+2][Cl].[Cl][Pt+2][Cl].[Cl][Pt+2][Cl].[NH2-].[NH2-].[NH2-].[NH2-].[NH2-].[NH2-].[NH2-].[NH2-]. The van der Waals surface area contributed by atoms with E-state index in [-0.39, 0.29) is 118 Å². The van der Waals surface area contributed by atoms with Crippen LogP contribution < -0.4 is 42.5 Å². The molecule has 5 atom stereocenters. The summed E-state index contributed by atoms with van der Waals surface area (Å²) in [5, 5.41) is 94.4. The van der Waals surface area contributed by atoms with Gasteiger partial charge in [-0.1, -0.05) is 280 Å². The van der Waals surface area contributed by atoms with E-state index in [9.17, 15) is 47.9 Å². The van der Waals surface area contributed by atoms with Crippen molar-refractivity contribution in [3.63, 3.8) is 0 Å². The number of rotatable bonds is 29. The largest absolute Gasteiger partial charge is 0.693 e. The fraction of sp³-hybridized carbons (Fsp3) is 0.663. The number of nitrogens with two attached hydrogens (primary N) is 8. The number of hydrogen-bond acceptors (Lipinski definition) is 11. The standard InChI is InChI=1S/C14H13NO2.C13H23NO2.C9H11NO2.4C9H19NO2.C6H12O2.2C4H9NO2.10ClH.8H2N.5Pt/c16-14(17)15-13(11-7-3-1-4-8-11)12-9-5-2-6-10-12;1-13(2,3)8-12(15)16-9-10-6-4-5-7-11(10)14;1-7(10-9(11)12)8-5-3-2-4-6-8;2*1-8(2,3)6-9(4,5)10-7(11)12;2*1-3-5-6-8(4-2)7-10-9(11)12;1-6(2,3)4-5(7)8;2*1-2-3-5-4(6)7;;;;;;;;;;;;;;;;;;;;;;;/h1-10,13,15H,(H,16,17);9-11,14H,4-8H2,1-3H3;2-7,10H,1H3,(H,11,12);2*10H,6H2,1-5H3,(H,11,12);2*8,10H,3-7H2,1-2H3,(H,11,12);4H2,1-3H3,(H,7,8);2*5H,2-3H2,1H3,(H,6,7);10*1H;8*1H2;;;;;/q;-2;;;;;;;;;;;;;;;;;;;8*-1;5*+4/p-10/t;10-,11+;;;;;;;;;;;;;;;;;;;;;;;;;;;;;;;/m.0.............................../s1. The van der Waals surface area contributed by atoms with E-state index in [0.717, 1.165) is 93.7 Å². The Morgan fingerprint density at radius 1 is 0.391 bits per heavy atom. The fourth-order valence-corrected chi connectivity index (χ4v) is 11.3. The summed E-state index contributed by atoms with van der Waals surface area (Å²) >= 11 is -2.36. The van der Waals surface area contributed by atoms with E-state index in [1.165, 1.54) is 25.7 Å². The zero-order valence-electron chi connectivity index (χ0n) is 83.8. The van der Waals surface area contributed by atoms with Gasteiger partial charge in [-0.25, -0.2) is 38.4 Å². The molecule has 1 saturated carbocycles. The number of carboxylic acids is 1. The number of aliphatic carboxylic acids is 1. The summed E-state index contributed by atoms with van der Waals surface area (Å²) < 4.78 is 5.14. The zero-order valence-corrected chi connectivity index (χ0v) is 103. The van der Waals surface area contributed by atoms with Crippen molar-refractivity contribution in [2.45, 2.75) is 304 Å². The van der Waals surface area contributed by atoms with Crippen molar-refractivity contribution in [3.05, 3.63) is 169 Å². The number of carbonyl (C=O) groups is 10. The third kappa shape index (κ3) is 163. The number of nitrogens with one attached hydrogen (secondary N) is 9. The number of halogens is 10. The van der Waals surface area contributed by atoms with Crippen LogP contribution in [0.3, 0.4) is 0 Å². The van der Waals surface area contributed by atoms with Gasteiger partial charge in [-0.15, -0.1) is 0 Å². The quantitative estimate of drug-likeness (QED) is 0.0227. The van der Waals surface area contributed by atoms with Gasteiger partial charge in [0, 0.05) is 43.7 Å². The zero-order chi connectivity index (χ0) is 104. The average Bonchev–Trinajstić information content (AvgIpc) is 0.841. The number of esters is 1. The summed E-state index contributed by atoms with van der Waals surface area (Å²) in [4.78, 5) is 103. The van der Waals surface area contributed by atoms with E-state index in [1.54, 1.807) is 6.61 Å². The van der Waals surface area contributed by atoms with Crippen LogP contribution in [-0.2, 0) is 96.7 Å². The van der Waals surface area contributed by atoms with Crippen molar-refractivity contribution in [2.75, 3.05) is 26.2 Å². The molecule has 138 heavy (non-hydrogen) atoms. The molecule has 3 aromatic carbocycles. The van der Waals surface area contributed by atoms with Crippen LogP contribution in [0.5, 0.6) is 0 Å². The molecule has 34 N–H and O–H groups in total. The second kappa shape index (κ2) is 117. The normalized spacial score (nSPS) is 12.1. The van der Waals surface area contributed by atoms with Crippen molar-refractivity contribution < 1.29 is 181 Å². The van der Waals surface area contributed by atoms with E-state index in [1.807, 2.05) is 181 Å². The summed E-state index contributed by atoms with van der Waals surface area (Å²) in [5.74, 6) is 0.266. The second-order valence-corrected chi connectivity index (χ2v) is 50.7. The van der Waals surface area contributed by atoms with Crippen molar-refractivity contribution in [1.29, 1.82) is 0 Å². The van der Waals surface area contributed by atoms with E-state index < -0.39 is 137 Å². The van der Waals surface area contributed by atoms with Gasteiger partial charge in [-0.2, -0.15) is 18.6 Å². The molecule has 1 fully saturated rings. The van der Waals surface area contributed by atoms with Crippen molar-refractivity contribution in [2.24, 2.45) is 39.4 Å². The number of amides is 8. The maximum atomic E-state index is 11.5. The van der Waals surface area contributed by atoms with E-state index in [0.29, 0.717) is 44.4 Å². The molecule has 8 amide bonds. The molecule has 4 rings (SSSR count). The summed E-state index contributed by atoms with van der Waals surface area (Å²) in [5.41, 5.74) is 10.2. The Morgan fingerprint density at radius 2 is 0.667 bits per heavy atom. The van der Waals surface area contributed by atoms with Crippen LogP contribution in [0.4, 0.5) is 38.4 Å². The van der Waals surface area contributed by atoms with Crippen LogP contribution in [0.1, 0.15) is 304 Å². The minimum absolute atomic E-state index is 0. The Hall–Kier alpha value is -3.26. The first-order valence-electron chi connectivity index (χ1n) is 41.1. The Balaban J connectivity index is -0.0000000661. The van der Waals surface area contributed by atoms with Gasteiger partial charge in [0.2, 0.25) is 0 Å². The van der Waals surface area contributed by atoms with Gasteiger partial charge in [-0.3, -0.25) is 9.59 Å². The molecule has 0 aliphatic heterocycles. The molecule has 0 aromatic heterocycles. The summed E-state index contributed by atoms with van der Waals surface area (Å²) in [6.07, 6.45) is 9.72. The molecular weight excluding hydrogens is 2920 g/mol. The van der Waals surface area contributed by atoms with Gasteiger partial charge in [-0.05, 0) is 123 Å². The van der Waals surface area contributed by atoms with Gasteiger partial charge < -0.3 is 148 Å². The number of ether oxygens (including phenoxy) is 1. The Bertz CT molecular complexity index is 3110. The summed E-state index contributed by atoms with van der Waals surface area (Å²) in [7, 11) is 48.8. The average molecular weight is 3090 g/mol. The van der Waals surface area contributed by atoms with E-state index in [2.05, 4.69) is 112 Å². The smallest absolute Gasteiger partial charge is 0.693 e. The number of carbonyl (C=O) groups excluding carboxylic acids is 1. The molecule has 3 aromatic rings. The molecule has 0 saturated heterocycles. The first-order chi connectivity index (χ1) is 60.0. The van der Waals surface area contributed by atoms with Crippen LogP contribution in [-0.4, -0.2) is 150 Å². The minimum atomic E-state index is -1.03. The molecule has 1 aliphatic rings. The van der Waals surface area contributed by atoms with E-state index >= 15 is 0 Å². The van der Waals surface area contributed by atoms with Crippen LogP contribution in [0.25, 0.3) is 54.9 Å². The number of benzene rings is 3. The number of unbranched alkanes of at least 4 members (excludes halogenated alkanes) is 2. The maximum Gasteiger partial charge on any atom is -0.693 e. The van der Waals surface area contributed by atoms with Gasteiger partial charge in [0.25, 0.3) is 5.97 Å². The van der Waals surface area contributed by atoms with Crippen molar-refractivity contribution in [1.82, 2.24) is 42.5 Å². The molecule has 1 aliphatic carbocycles. The predicted molar refractivity (Wildman–Crippen MR) is 559 cm³/mol. The number of hydrogen-bond donors (Lipinski definition) is 17. The van der Waals surface area contributed by atoms with E-state index in [4.69, 9.17) is 151 Å². The fourth-order valence-electron chi connectivity index (χ4n) is 11.3. The molecule has 0 spiro atoms. The third-order valence-electron chi connectivity index (χ3n) is 15.8. The molecule has 0 radical (unpaired) electrons. The van der Waals surface area contributed by atoms with Crippen molar-refractivity contribution in [3.8, 4) is 0 Å². The maximum absolute atomic E-state index is 11.5. The second-order valence-electron chi connectivity index (χ2n) is 34.3. The van der Waals surface area contributed by atoms with Crippen LogP contribution in [0.15, 0.2) is 91.0 Å². The Morgan fingerprint density at radius 3 is 0.870 bits per heavy atom. The molecule has 838 valence electrons. The molecule has 0 bridgehead atoms. The van der Waals surface area contributed by atoms with Gasteiger partial charge in [0.1, 0.15) is 0 Å². The predicted octanol–water partition coefficient (Wildman–Crippen LogP) is 34.1. The Labute approximate surface area is 908 Å². The van der Waals surface area contributed by atoms with Crippen LogP contribution in [0.2, 0.25) is 0 Å².